The Morgan fingerprint density at radius 3 is 1.67 bits per heavy atom. The van der Waals surface area contributed by atoms with Gasteiger partial charge in [-0.15, -0.1) is 0 Å². The maximum absolute atomic E-state index is 5.75. The zero-order chi connectivity index (χ0) is 17.2. The fraction of sp³-hybridized carbons (Fsp3) is 1.00. The average Bonchev–Trinajstić information content (AvgIpc) is 2.52. The van der Waals surface area contributed by atoms with Crippen LogP contribution in [-0.2, 0) is 4.74 Å². The van der Waals surface area contributed by atoms with Gasteiger partial charge in [0.15, 0.2) is 0 Å². The van der Waals surface area contributed by atoms with E-state index in [4.69, 9.17) is 4.74 Å². The van der Waals surface area contributed by atoms with E-state index in [1.807, 2.05) is 0 Å². The molecule has 0 bridgehead atoms. The molecule has 148 valence electrons. The van der Waals surface area contributed by atoms with Gasteiger partial charge in [0.2, 0.25) is 0 Å². The van der Waals surface area contributed by atoms with Crippen molar-refractivity contribution in [3.63, 3.8) is 0 Å². The molecule has 1 N–H and O–H groups in total. The first-order valence-corrected chi connectivity index (χ1v) is 10.4. The fourth-order valence-electron chi connectivity index (χ4n) is 2.92. The minimum atomic E-state index is 0. The largest absolute Gasteiger partial charge is 1.00 e. The summed E-state index contributed by atoms with van der Waals surface area (Å²) in [6.07, 6.45) is 19.0. The summed E-state index contributed by atoms with van der Waals surface area (Å²) in [6.45, 7) is 10.8. The van der Waals surface area contributed by atoms with Crippen LogP contribution in [0.2, 0.25) is 0 Å². The number of nitrogens with one attached hydrogen (secondary N) is 1. The molecule has 0 saturated carbocycles. The molecule has 0 saturated heterocycles. The predicted molar refractivity (Wildman–Crippen MR) is 104 cm³/mol. The average molecular weight is 363 g/mol. The van der Waals surface area contributed by atoms with Crippen molar-refractivity contribution >= 4 is 0 Å². The van der Waals surface area contributed by atoms with E-state index in [1.54, 1.807) is 0 Å². The van der Waals surface area contributed by atoms with Gasteiger partial charge in [-0.1, -0.05) is 90.9 Å². The molecule has 0 aliphatic heterocycles. The molecule has 0 atom stereocenters. The van der Waals surface area contributed by atoms with Crippen molar-refractivity contribution in [2.75, 3.05) is 13.3 Å². The summed E-state index contributed by atoms with van der Waals surface area (Å²) in [5, 5.41) is 3.55. The first-order chi connectivity index (χ1) is 11.1. The highest BCUT2D eigenvalue weighted by atomic mass is 35.5. The molecule has 24 heavy (non-hydrogen) atoms. The molecule has 0 aliphatic carbocycles. The Morgan fingerprint density at radius 2 is 1.12 bits per heavy atom. The van der Waals surface area contributed by atoms with E-state index in [-0.39, 0.29) is 17.9 Å². The van der Waals surface area contributed by atoms with Gasteiger partial charge in [-0.05, 0) is 26.7 Å². The molecule has 0 aromatic rings. The summed E-state index contributed by atoms with van der Waals surface area (Å²) in [7, 11) is 0. The Morgan fingerprint density at radius 1 is 0.667 bits per heavy atom. The summed E-state index contributed by atoms with van der Waals surface area (Å²) in [6, 6.07) is 0. The minimum absolute atomic E-state index is 0. The van der Waals surface area contributed by atoms with Crippen LogP contribution in [0.3, 0.4) is 0 Å². The molecular weight excluding hydrogens is 318 g/mol. The van der Waals surface area contributed by atoms with Crippen LogP contribution in [0.15, 0.2) is 0 Å². The zero-order valence-electron chi connectivity index (χ0n) is 17.1. The van der Waals surface area contributed by atoms with Crippen molar-refractivity contribution in [3.05, 3.63) is 0 Å². The van der Waals surface area contributed by atoms with Gasteiger partial charge < -0.3 is 17.1 Å². The van der Waals surface area contributed by atoms with Gasteiger partial charge in [-0.25, -0.2) is 0 Å². The highest BCUT2D eigenvalue weighted by Crippen LogP contribution is 2.15. The fourth-order valence-corrected chi connectivity index (χ4v) is 2.92. The number of hydrogen-bond acceptors (Lipinski definition) is 2. The van der Waals surface area contributed by atoms with Gasteiger partial charge in [0.05, 0.1) is 6.73 Å². The number of rotatable bonds is 18. The molecule has 0 unspecified atom stereocenters. The Hall–Kier alpha value is 0.210. The second-order valence-corrected chi connectivity index (χ2v) is 7.75. The topological polar surface area (TPSA) is 21.3 Å². The lowest BCUT2D eigenvalue weighted by Gasteiger charge is -2.26. The van der Waals surface area contributed by atoms with Gasteiger partial charge in [0.25, 0.3) is 0 Å². The van der Waals surface area contributed by atoms with Gasteiger partial charge >= 0.3 is 0 Å². The van der Waals surface area contributed by atoms with Crippen molar-refractivity contribution < 1.29 is 17.1 Å². The highest BCUT2D eigenvalue weighted by molar-refractivity contribution is 4.75. The molecule has 0 aromatic carbocycles. The van der Waals surface area contributed by atoms with Crippen LogP contribution in [0.5, 0.6) is 0 Å². The quantitative estimate of drug-likeness (QED) is 0.295. The molecule has 0 radical (unpaired) electrons. The number of ether oxygens (including phenoxy) is 1. The molecule has 0 spiro atoms. The van der Waals surface area contributed by atoms with Gasteiger partial charge in [-0.3, -0.25) is 5.32 Å². The lowest BCUT2D eigenvalue weighted by atomic mass is 9.96. The van der Waals surface area contributed by atoms with Crippen LogP contribution in [0, 0.1) is 0 Å². The van der Waals surface area contributed by atoms with Crippen LogP contribution < -0.4 is 17.7 Å². The van der Waals surface area contributed by atoms with Crippen molar-refractivity contribution in [2.24, 2.45) is 0 Å². The third-order valence-corrected chi connectivity index (χ3v) is 4.70. The standard InChI is InChI=1S/C21H45NO.ClH/c1-5-7-9-11-12-13-15-17-19-23-20-22-21(3,4)18-16-14-10-8-6-2;/h22H,5-20H2,1-4H3;1H/p-1. The van der Waals surface area contributed by atoms with E-state index in [1.165, 1.54) is 89.9 Å². The van der Waals surface area contributed by atoms with E-state index in [2.05, 4.69) is 33.0 Å². The monoisotopic (exact) mass is 362 g/mol. The van der Waals surface area contributed by atoms with Crippen molar-refractivity contribution in [1.29, 1.82) is 0 Å². The van der Waals surface area contributed by atoms with Crippen LogP contribution >= 0.6 is 0 Å². The van der Waals surface area contributed by atoms with Crippen molar-refractivity contribution in [2.45, 2.75) is 123 Å². The highest BCUT2D eigenvalue weighted by Gasteiger charge is 2.15. The Bertz CT molecular complexity index is 234. The molecule has 2 nitrogen and oxygen atoms in total. The SMILES string of the molecule is CCCCCCCCCCOCNC(C)(C)CCCCCCC.[Cl-]. The number of halogens is 1. The van der Waals surface area contributed by atoms with Crippen molar-refractivity contribution in [1.82, 2.24) is 5.32 Å². The van der Waals surface area contributed by atoms with E-state index in [0.717, 1.165) is 6.61 Å². The lowest BCUT2D eigenvalue weighted by molar-refractivity contribution is -0.00000773. The smallest absolute Gasteiger partial charge is 0.0969 e. The summed E-state index contributed by atoms with van der Waals surface area (Å²) >= 11 is 0. The van der Waals surface area contributed by atoms with Crippen LogP contribution in [0.25, 0.3) is 0 Å². The summed E-state index contributed by atoms with van der Waals surface area (Å²) in [4.78, 5) is 0. The van der Waals surface area contributed by atoms with Crippen LogP contribution in [-0.4, -0.2) is 18.9 Å². The first kappa shape index (κ1) is 26.4. The number of unbranched alkanes of at least 4 members (excludes halogenated alkanes) is 11. The molecule has 0 aromatic heterocycles. The molecule has 0 rings (SSSR count). The molecular formula is C21H45ClNO-. The van der Waals surface area contributed by atoms with Gasteiger partial charge in [0, 0.05) is 12.1 Å². The molecule has 0 amide bonds. The van der Waals surface area contributed by atoms with Crippen LogP contribution in [0.1, 0.15) is 118 Å². The van der Waals surface area contributed by atoms with Gasteiger partial charge in [-0.2, -0.15) is 0 Å². The summed E-state index contributed by atoms with van der Waals surface area (Å²) in [5.74, 6) is 0. The minimum Gasteiger partial charge on any atom is -1.00 e. The van der Waals surface area contributed by atoms with E-state index < -0.39 is 0 Å². The third kappa shape index (κ3) is 20.3. The lowest BCUT2D eigenvalue weighted by Crippen LogP contribution is -3.00. The molecule has 0 aliphatic rings. The summed E-state index contributed by atoms with van der Waals surface area (Å²) in [5.41, 5.74) is 0.214. The third-order valence-electron chi connectivity index (χ3n) is 4.70. The van der Waals surface area contributed by atoms with Crippen LogP contribution in [0.4, 0.5) is 0 Å². The number of hydrogen-bond donors (Lipinski definition) is 1. The second-order valence-electron chi connectivity index (χ2n) is 7.75. The molecule has 3 heteroatoms. The maximum Gasteiger partial charge on any atom is 0.0969 e. The predicted octanol–water partition coefficient (Wildman–Crippen LogP) is 3.83. The Labute approximate surface area is 159 Å². The van der Waals surface area contributed by atoms with E-state index >= 15 is 0 Å². The normalized spacial score (nSPS) is 11.5. The molecule has 0 fully saturated rings. The van der Waals surface area contributed by atoms with E-state index in [0.29, 0.717) is 6.73 Å². The maximum atomic E-state index is 5.75. The zero-order valence-corrected chi connectivity index (χ0v) is 17.9. The Kier molecular flexibility index (Phi) is 21.5. The van der Waals surface area contributed by atoms with E-state index in [9.17, 15) is 0 Å². The second kappa shape index (κ2) is 19.5. The Balaban J connectivity index is 0. The summed E-state index contributed by atoms with van der Waals surface area (Å²) < 4.78 is 5.75. The molecule has 0 heterocycles. The van der Waals surface area contributed by atoms with Crippen molar-refractivity contribution in [3.8, 4) is 0 Å². The first-order valence-electron chi connectivity index (χ1n) is 10.4. The van der Waals surface area contributed by atoms with Gasteiger partial charge in [0.1, 0.15) is 0 Å².